The maximum Gasteiger partial charge on any atom is 0.123 e. The SMILES string of the molecule is COc1ccc(Cl)cc1CN[C@H](C)C12CC3CC(CC(C3)C1)C2. The van der Waals surface area contributed by atoms with Crippen LogP contribution in [0, 0.1) is 23.2 Å². The van der Waals surface area contributed by atoms with E-state index < -0.39 is 0 Å². The van der Waals surface area contributed by atoms with Crippen LogP contribution in [0.1, 0.15) is 51.0 Å². The van der Waals surface area contributed by atoms with Crippen LogP contribution in [0.25, 0.3) is 0 Å². The number of rotatable bonds is 5. The van der Waals surface area contributed by atoms with Gasteiger partial charge in [0.1, 0.15) is 5.75 Å². The van der Waals surface area contributed by atoms with Crippen LogP contribution >= 0.6 is 11.6 Å². The quantitative estimate of drug-likeness (QED) is 0.814. The van der Waals surface area contributed by atoms with Crippen LogP contribution in [0.5, 0.6) is 5.75 Å². The predicted molar refractivity (Wildman–Crippen MR) is 94.9 cm³/mol. The zero-order valence-corrected chi connectivity index (χ0v) is 15.0. The number of halogens is 1. The number of methoxy groups -OCH3 is 1. The summed E-state index contributed by atoms with van der Waals surface area (Å²) in [5, 5.41) is 4.60. The first-order valence-corrected chi connectivity index (χ1v) is 9.51. The molecule has 4 aliphatic rings. The van der Waals surface area contributed by atoms with Crippen LogP contribution in [0.15, 0.2) is 18.2 Å². The average molecular weight is 334 g/mol. The fourth-order valence-corrected chi connectivity index (χ4v) is 6.27. The van der Waals surface area contributed by atoms with E-state index >= 15 is 0 Å². The molecule has 4 bridgehead atoms. The van der Waals surface area contributed by atoms with Gasteiger partial charge in [0.25, 0.3) is 0 Å². The maximum atomic E-state index is 6.16. The highest BCUT2D eigenvalue weighted by Gasteiger charge is 2.52. The third kappa shape index (κ3) is 2.89. The van der Waals surface area contributed by atoms with Gasteiger partial charge >= 0.3 is 0 Å². The van der Waals surface area contributed by atoms with Gasteiger partial charge in [0, 0.05) is 23.2 Å². The molecule has 1 N–H and O–H groups in total. The monoisotopic (exact) mass is 333 g/mol. The van der Waals surface area contributed by atoms with Crippen molar-refractivity contribution in [3.8, 4) is 5.75 Å². The predicted octanol–water partition coefficient (Wildman–Crippen LogP) is 5.04. The third-order valence-electron chi connectivity index (χ3n) is 6.85. The summed E-state index contributed by atoms with van der Waals surface area (Å²) in [7, 11) is 1.73. The zero-order chi connectivity index (χ0) is 16.0. The van der Waals surface area contributed by atoms with Crippen LogP contribution in [0.2, 0.25) is 5.02 Å². The zero-order valence-electron chi connectivity index (χ0n) is 14.3. The van der Waals surface area contributed by atoms with Crippen molar-refractivity contribution in [2.45, 2.75) is 58.0 Å². The van der Waals surface area contributed by atoms with E-state index in [9.17, 15) is 0 Å². The van der Waals surface area contributed by atoms with Gasteiger partial charge in [-0.3, -0.25) is 0 Å². The van der Waals surface area contributed by atoms with E-state index in [1.807, 2.05) is 18.2 Å². The normalized spacial score (nSPS) is 36.2. The van der Waals surface area contributed by atoms with E-state index in [0.29, 0.717) is 11.5 Å². The molecule has 126 valence electrons. The fraction of sp³-hybridized carbons (Fsp3) is 0.700. The third-order valence-corrected chi connectivity index (χ3v) is 7.08. The smallest absolute Gasteiger partial charge is 0.123 e. The van der Waals surface area contributed by atoms with Crippen LogP contribution in [0.3, 0.4) is 0 Å². The molecular formula is C20H28ClNO. The van der Waals surface area contributed by atoms with Crippen molar-refractivity contribution >= 4 is 11.6 Å². The average Bonchev–Trinajstić information content (AvgIpc) is 2.51. The van der Waals surface area contributed by atoms with E-state index in [1.54, 1.807) is 7.11 Å². The van der Waals surface area contributed by atoms with Crippen molar-refractivity contribution in [3.05, 3.63) is 28.8 Å². The first kappa shape index (κ1) is 15.8. The molecule has 23 heavy (non-hydrogen) atoms. The molecule has 0 heterocycles. The standard InChI is InChI=1S/C20H28ClNO/c1-13(22-12-17-8-18(21)3-4-19(17)23-2)20-9-14-5-15(10-20)7-16(6-14)11-20/h3-4,8,13-16,22H,5-7,9-12H2,1-2H3/t13-,14?,15?,16?,20?/m1/s1. The molecule has 4 aliphatic carbocycles. The molecule has 0 spiro atoms. The lowest BCUT2D eigenvalue weighted by Gasteiger charge is -2.59. The lowest BCUT2D eigenvalue weighted by Crippen LogP contribution is -2.54. The second kappa shape index (κ2) is 5.97. The lowest BCUT2D eigenvalue weighted by molar-refractivity contribution is -0.0706. The lowest BCUT2D eigenvalue weighted by atomic mass is 9.48. The summed E-state index contributed by atoms with van der Waals surface area (Å²) in [5.41, 5.74) is 1.71. The van der Waals surface area contributed by atoms with Gasteiger partial charge < -0.3 is 10.1 Å². The van der Waals surface area contributed by atoms with Crippen LogP contribution < -0.4 is 10.1 Å². The van der Waals surface area contributed by atoms with Crippen LogP contribution in [-0.4, -0.2) is 13.2 Å². The van der Waals surface area contributed by atoms with Gasteiger partial charge in [0.05, 0.1) is 7.11 Å². The molecule has 0 aromatic heterocycles. The Bertz CT molecular complexity index is 550. The van der Waals surface area contributed by atoms with Gasteiger partial charge in [-0.25, -0.2) is 0 Å². The second-order valence-corrected chi connectivity index (χ2v) is 8.78. The van der Waals surface area contributed by atoms with Crippen LogP contribution in [-0.2, 0) is 6.54 Å². The largest absolute Gasteiger partial charge is 0.496 e. The Morgan fingerprint density at radius 1 is 1.17 bits per heavy atom. The van der Waals surface area contributed by atoms with E-state index in [-0.39, 0.29) is 0 Å². The van der Waals surface area contributed by atoms with Gasteiger partial charge in [-0.1, -0.05) is 11.6 Å². The van der Waals surface area contributed by atoms with Crippen molar-refractivity contribution in [2.24, 2.45) is 23.2 Å². The first-order valence-electron chi connectivity index (χ1n) is 9.14. The Hall–Kier alpha value is -0.730. The molecule has 0 unspecified atom stereocenters. The molecule has 0 saturated heterocycles. The van der Waals surface area contributed by atoms with E-state index in [1.165, 1.54) is 38.5 Å². The summed E-state index contributed by atoms with van der Waals surface area (Å²) < 4.78 is 5.48. The molecule has 0 radical (unpaired) electrons. The summed E-state index contributed by atoms with van der Waals surface area (Å²) in [6.07, 6.45) is 8.86. The number of nitrogens with one attached hydrogen (secondary N) is 1. The summed E-state index contributed by atoms with van der Waals surface area (Å²) in [6.45, 7) is 3.25. The molecule has 5 rings (SSSR count). The van der Waals surface area contributed by atoms with Crippen molar-refractivity contribution in [1.82, 2.24) is 5.32 Å². The first-order chi connectivity index (χ1) is 11.1. The Morgan fingerprint density at radius 2 is 1.78 bits per heavy atom. The maximum absolute atomic E-state index is 6.16. The Morgan fingerprint density at radius 3 is 2.35 bits per heavy atom. The van der Waals surface area contributed by atoms with Gasteiger partial charge in [0.15, 0.2) is 0 Å². The van der Waals surface area contributed by atoms with E-state index in [0.717, 1.165) is 40.6 Å². The highest BCUT2D eigenvalue weighted by Crippen LogP contribution is 2.61. The highest BCUT2D eigenvalue weighted by molar-refractivity contribution is 6.30. The van der Waals surface area contributed by atoms with Crippen LogP contribution in [0.4, 0.5) is 0 Å². The second-order valence-electron chi connectivity index (χ2n) is 8.34. The molecule has 2 nitrogen and oxygen atoms in total. The Labute approximate surface area is 144 Å². The van der Waals surface area contributed by atoms with Crippen molar-refractivity contribution in [2.75, 3.05) is 7.11 Å². The molecule has 0 amide bonds. The molecule has 1 atom stereocenters. The molecule has 3 heteroatoms. The fourth-order valence-electron chi connectivity index (χ4n) is 6.07. The topological polar surface area (TPSA) is 21.3 Å². The summed E-state index contributed by atoms with van der Waals surface area (Å²) >= 11 is 6.16. The van der Waals surface area contributed by atoms with Crippen molar-refractivity contribution in [1.29, 1.82) is 0 Å². The Kier molecular flexibility index (Phi) is 4.09. The van der Waals surface area contributed by atoms with E-state index in [4.69, 9.17) is 16.3 Å². The summed E-state index contributed by atoms with van der Waals surface area (Å²) in [4.78, 5) is 0. The number of benzene rings is 1. The molecule has 4 saturated carbocycles. The highest BCUT2D eigenvalue weighted by atomic mass is 35.5. The minimum atomic E-state index is 0.542. The molecule has 1 aromatic carbocycles. The Balaban J connectivity index is 1.46. The van der Waals surface area contributed by atoms with E-state index in [2.05, 4.69) is 12.2 Å². The van der Waals surface area contributed by atoms with Gasteiger partial charge in [0.2, 0.25) is 0 Å². The molecule has 1 aromatic rings. The molecule has 0 aliphatic heterocycles. The van der Waals surface area contributed by atoms with Gasteiger partial charge in [-0.15, -0.1) is 0 Å². The number of ether oxygens (including phenoxy) is 1. The molecule has 4 fully saturated rings. The van der Waals surface area contributed by atoms with Gasteiger partial charge in [-0.05, 0) is 86.8 Å². The van der Waals surface area contributed by atoms with Crippen molar-refractivity contribution < 1.29 is 4.74 Å². The van der Waals surface area contributed by atoms with Crippen molar-refractivity contribution in [3.63, 3.8) is 0 Å². The van der Waals surface area contributed by atoms with Gasteiger partial charge in [-0.2, -0.15) is 0 Å². The number of hydrogen-bond acceptors (Lipinski definition) is 2. The number of hydrogen-bond donors (Lipinski definition) is 1. The summed E-state index contributed by atoms with van der Waals surface area (Å²) in [6, 6.07) is 6.46. The molecular weight excluding hydrogens is 306 g/mol. The minimum absolute atomic E-state index is 0.542. The summed E-state index contributed by atoms with van der Waals surface area (Å²) in [5.74, 6) is 3.95. The minimum Gasteiger partial charge on any atom is -0.496 e.